The molecule has 0 spiro atoms. The third-order valence-corrected chi connectivity index (χ3v) is 1.79. The summed E-state index contributed by atoms with van der Waals surface area (Å²) in [6.07, 6.45) is -1.42. The number of benzene rings is 1. The van der Waals surface area contributed by atoms with Gasteiger partial charge in [-0.15, -0.1) is 0 Å². The van der Waals surface area contributed by atoms with Crippen molar-refractivity contribution in [1.82, 2.24) is 0 Å². The van der Waals surface area contributed by atoms with Crippen LogP contribution in [-0.2, 0) is 4.79 Å². The monoisotopic (exact) mass is 195 g/mol. The molecule has 74 valence electrons. The quantitative estimate of drug-likeness (QED) is 0.414. The molecule has 1 aromatic rings. The van der Waals surface area contributed by atoms with E-state index in [0.717, 1.165) is 0 Å². The summed E-state index contributed by atoms with van der Waals surface area (Å²) in [7, 11) is -1.63. The second-order valence-electron chi connectivity index (χ2n) is 2.85. The summed E-state index contributed by atoms with van der Waals surface area (Å²) < 4.78 is 0. The standard InChI is InChI=1S/C8H10BNO4/c10-8(12)7(11)5-2-1-3-6(4-5)9(13)14/h1-4,7,11,13-14H,(H2,10,12). The van der Waals surface area contributed by atoms with Crippen LogP contribution in [0.2, 0.25) is 0 Å². The number of carbonyl (C=O) groups is 1. The maximum atomic E-state index is 10.6. The van der Waals surface area contributed by atoms with Crippen LogP contribution in [-0.4, -0.2) is 28.2 Å². The molecular formula is C8H10BNO4. The molecule has 14 heavy (non-hydrogen) atoms. The molecule has 5 nitrogen and oxygen atoms in total. The Bertz CT molecular complexity index is 342. The van der Waals surface area contributed by atoms with Gasteiger partial charge in [-0.25, -0.2) is 0 Å². The van der Waals surface area contributed by atoms with Gasteiger partial charge in [-0.1, -0.05) is 24.3 Å². The molecule has 5 N–H and O–H groups in total. The summed E-state index contributed by atoms with van der Waals surface area (Å²) in [5.74, 6) is -0.880. The van der Waals surface area contributed by atoms with Crippen LogP contribution < -0.4 is 11.2 Å². The minimum absolute atomic E-state index is 0.197. The van der Waals surface area contributed by atoms with E-state index in [-0.39, 0.29) is 11.0 Å². The maximum Gasteiger partial charge on any atom is 0.488 e. The minimum Gasteiger partial charge on any atom is -0.423 e. The Balaban J connectivity index is 2.99. The number of aliphatic hydroxyl groups is 1. The first-order valence-electron chi connectivity index (χ1n) is 3.95. The molecule has 1 amide bonds. The Labute approximate surface area is 80.9 Å². The first kappa shape index (κ1) is 10.7. The van der Waals surface area contributed by atoms with E-state index in [1.807, 2.05) is 0 Å². The van der Waals surface area contributed by atoms with Gasteiger partial charge in [-0.2, -0.15) is 0 Å². The Morgan fingerprint density at radius 1 is 1.43 bits per heavy atom. The summed E-state index contributed by atoms with van der Waals surface area (Å²) in [4.78, 5) is 10.6. The van der Waals surface area contributed by atoms with Gasteiger partial charge in [-0.05, 0) is 11.0 Å². The van der Waals surface area contributed by atoms with Crippen molar-refractivity contribution in [3.8, 4) is 0 Å². The van der Waals surface area contributed by atoms with Crippen molar-refractivity contribution >= 4 is 18.5 Å². The van der Waals surface area contributed by atoms with E-state index in [1.54, 1.807) is 0 Å². The molecule has 0 fully saturated rings. The Kier molecular flexibility index (Phi) is 3.24. The zero-order valence-corrected chi connectivity index (χ0v) is 7.29. The Hall–Kier alpha value is -1.37. The highest BCUT2D eigenvalue weighted by Gasteiger charge is 2.17. The fourth-order valence-corrected chi connectivity index (χ4v) is 1.05. The molecule has 0 aliphatic carbocycles. The SMILES string of the molecule is NC(=O)C(O)c1cccc(B(O)O)c1. The lowest BCUT2D eigenvalue weighted by Crippen LogP contribution is -2.31. The van der Waals surface area contributed by atoms with Crippen LogP contribution in [0.5, 0.6) is 0 Å². The molecular weight excluding hydrogens is 185 g/mol. The van der Waals surface area contributed by atoms with Gasteiger partial charge in [0.25, 0.3) is 5.91 Å². The van der Waals surface area contributed by atoms with Crippen LogP contribution in [0, 0.1) is 0 Å². The summed E-state index contributed by atoms with van der Waals surface area (Å²) in [5.41, 5.74) is 5.32. The topological polar surface area (TPSA) is 104 Å². The lowest BCUT2D eigenvalue weighted by molar-refractivity contribution is -0.126. The summed E-state index contributed by atoms with van der Waals surface area (Å²) >= 11 is 0. The number of primary amides is 1. The molecule has 1 rings (SSSR count). The highest BCUT2D eigenvalue weighted by molar-refractivity contribution is 6.58. The molecule has 0 radical (unpaired) electrons. The second kappa shape index (κ2) is 4.23. The third-order valence-electron chi connectivity index (χ3n) is 1.79. The van der Waals surface area contributed by atoms with E-state index >= 15 is 0 Å². The van der Waals surface area contributed by atoms with Crippen LogP contribution in [0.1, 0.15) is 11.7 Å². The third kappa shape index (κ3) is 2.32. The molecule has 0 saturated carbocycles. The highest BCUT2D eigenvalue weighted by Crippen LogP contribution is 2.09. The molecule has 0 saturated heterocycles. The van der Waals surface area contributed by atoms with Gasteiger partial charge in [0.15, 0.2) is 6.10 Å². The van der Waals surface area contributed by atoms with Gasteiger partial charge in [0, 0.05) is 0 Å². The van der Waals surface area contributed by atoms with E-state index in [2.05, 4.69) is 0 Å². The lowest BCUT2D eigenvalue weighted by Gasteiger charge is -2.08. The zero-order chi connectivity index (χ0) is 10.7. The maximum absolute atomic E-state index is 10.6. The first-order chi connectivity index (χ1) is 6.52. The van der Waals surface area contributed by atoms with Gasteiger partial charge < -0.3 is 20.9 Å². The van der Waals surface area contributed by atoms with E-state index in [4.69, 9.17) is 15.8 Å². The molecule has 0 aromatic heterocycles. The number of hydrogen-bond donors (Lipinski definition) is 4. The molecule has 1 atom stereocenters. The van der Waals surface area contributed by atoms with Crippen molar-refractivity contribution in [2.75, 3.05) is 0 Å². The minimum atomic E-state index is -1.63. The first-order valence-corrected chi connectivity index (χ1v) is 3.95. The Morgan fingerprint density at radius 2 is 2.07 bits per heavy atom. The fourth-order valence-electron chi connectivity index (χ4n) is 1.05. The summed E-state index contributed by atoms with van der Waals surface area (Å²) in [6, 6.07) is 5.74. The number of rotatable bonds is 3. The molecule has 1 aromatic carbocycles. The number of hydrogen-bond acceptors (Lipinski definition) is 4. The second-order valence-corrected chi connectivity index (χ2v) is 2.85. The molecule has 0 aliphatic rings. The van der Waals surface area contributed by atoms with Gasteiger partial charge >= 0.3 is 7.12 Å². The average Bonchev–Trinajstić information content (AvgIpc) is 2.16. The van der Waals surface area contributed by atoms with Crippen LogP contribution in [0.3, 0.4) is 0 Å². The number of aliphatic hydroxyl groups excluding tert-OH is 1. The van der Waals surface area contributed by atoms with Crippen molar-refractivity contribution in [1.29, 1.82) is 0 Å². The summed E-state index contributed by atoms with van der Waals surface area (Å²) in [6.45, 7) is 0. The predicted molar refractivity (Wildman–Crippen MR) is 50.4 cm³/mol. The van der Waals surface area contributed by atoms with E-state index in [1.165, 1.54) is 24.3 Å². The van der Waals surface area contributed by atoms with E-state index < -0.39 is 19.1 Å². The number of nitrogens with two attached hydrogens (primary N) is 1. The van der Waals surface area contributed by atoms with E-state index in [9.17, 15) is 9.90 Å². The normalized spacial score (nSPS) is 12.2. The van der Waals surface area contributed by atoms with Crippen LogP contribution in [0.15, 0.2) is 24.3 Å². The van der Waals surface area contributed by atoms with Crippen molar-refractivity contribution in [3.05, 3.63) is 29.8 Å². The molecule has 0 aliphatic heterocycles. The van der Waals surface area contributed by atoms with Crippen LogP contribution in [0.25, 0.3) is 0 Å². The van der Waals surface area contributed by atoms with Gasteiger partial charge in [0.05, 0.1) is 0 Å². The Morgan fingerprint density at radius 3 is 2.57 bits per heavy atom. The van der Waals surface area contributed by atoms with E-state index in [0.29, 0.717) is 0 Å². The fraction of sp³-hybridized carbons (Fsp3) is 0.125. The van der Waals surface area contributed by atoms with Crippen LogP contribution in [0.4, 0.5) is 0 Å². The van der Waals surface area contributed by atoms with Crippen LogP contribution >= 0.6 is 0 Å². The highest BCUT2D eigenvalue weighted by atomic mass is 16.4. The van der Waals surface area contributed by atoms with Crippen molar-refractivity contribution < 1.29 is 19.9 Å². The molecule has 6 heteroatoms. The lowest BCUT2D eigenvalue weighted by atomic mass is 9.79. The van der Waals surface area contributed by atoms with Gasteiger partial charge in [0.1, 0.15) is 0 Å². The smallest absolute Gasteiger partial charge is 0.423 e. The molecule has 0 bridgehead atoms. The average molecular weight is 195 g/mol. The van der Waals surface area contributed by atoms with Crippen molar-refractivity contribution in [3.63, 3.8) is 0 Å². The van der Waals surface area contributed by atoms with Gasteiger partial charge in [0.2, 0.25) is 0 Å². The zero-order valence-electron chi connectivity index (χ0n) is 7.29. The predicted octanol–water partition coefficient (Wildman–Crippen LogP) is -2.11. The number of amides is 1. The summed E-state index contributed by atoms with van der Waals surface area (Å²) in [5, 5.41) is 26.9. The van der Waals surface area contributed by atoms with Crippen molar-refractivity contribution in [2.45, 2.75) is 6.10 Å². The molecule has 1 unspecified atom stereocenters. The largest absolute Gasteiger partial charge is 0.488 e. The van der Waals surface area contributed by atoms with Crippen molar-refractivity contribution in [2.24, 2.45) is 5.73 Å². The van der Waals surface area contributed by atoms with Gasteiger partial charge in [-0.3, -0.25) is 4.79 Å². The number of carbonyl (C=O) groups excluding carboxylic acids is 1. The molecule has 0 heterocycles.